The number of ether oxygens (including phenoxy) is 1. The maximum atomic E-state index is 12.9. The molecule has 0 radical (unpaired) electrons. The van der Waals surface area contributed by atoms with E-state index in [2.05, 4.69) is 14.5 Å². The molecule has 0 saturated carbocycles. The van der Waals surface area contributed by atoms with Crippen molar-refractivity contribution in [2.75, 3.05) is 0 Å². The van der Waals surface area contributed by atoms with Crippen LogP contribution in [0.2, 0.25) is 0 Å². The van der Waals surface area contributed by atoms with Gasteiger partial charge in [-0.2, -0.15) is 0 Å². The van der Waals surface area contributed by atoms with Gasteiger partial charge in [-0.05, 0) is 63.6 Å². The molecule has 2 aromatic heterocycles. The third-order valence-electron chi connectivity index (χ3n) is 4.68. The quantitative estimate of drug-likeness (QED) is 0.185. The zero-order chi connectivity index (χ0) is 22.3. The van der Waals surface area contributed by atoms with Crippen molar-refractivity contribution < 1.29 is 14.3 Å². The van der Waals surface area contributed by atoms with E-state index in [-0.39, 0.29) is 11.1 Å². The van der Waals surface area contributed by atoms with Crippen LogP contribution in [0.25, 0.3) is 10.9 Å². The van der Waals surface area contributed by atoms with Gasteiger partial charge in [0, 0.05) is 36.3 Å². The number of fused-ring (bicyclic) bond motifs is 1. The van der Waals surface area contributed by atoms with Crippen LogP contribution in [0.3, 0.4) is 0 Å². The lowest BCUT2D eigenvalue weighted by Crippen LogP contribution is -2.23. The summed E-state index contributed by atoms with van der Waals surface area (Å²) in [7, 11) is 0. The molecule has 0 atom stereocenters. The number of esters is 1. The maximum absolute atomic E-state index is 12.9. The molecule has 0 aliphatic rings. The summed E-state index contributed by atoms with van der Waals surface area (Å²) in [6.45, 7) is 6.39. The van der Waals surface area contributed by atoms with Gasteiger partial charge in [0.05, 0.1) is 5.69 Å². The summed E-state index contributed by atoms with van der Waals surface area (Å²) in [5.74, 6) is -0.142. The zero-order valence-corrected chi connectivity index (χ0v) is 19.2. The number of para-hydroxylation sites is 1. The molecule has 0 saturated heterocycles. The molecule has 1 aromatic carbocycles. The van der Waals surface area contributed by atoms with Gasteiger partial charge in [0.1, 0.15) is 5.60 Å². The van der Waals surface area contributed by atoms with Gasteiger partial charge in [0.2, 0.25) is 5.12 Å². The van der Waals surface area contributed by atoms with Gasteiger partial charge in [-0.1, -0.05) is 31.0 Å². The van der Waals surface area contributed by atoms with E-state index in [4.69, 9.17) is 4.74 Å². The van der Waals surface area contributed by atoms with E-state index >= 15 is 0 Å². The summed E-state index contributed by atoms with van der Waals surface area (Å²) in [4.78, 5) is 33.0. The van der Waals surface area contributed by atoms with Crippen LogP contribution in [-0.4, -0.2) is 31.2 Å². The van der Waals surface area contributed by atoms with Gasteiger partial charge in [0.25, 0.3) is 0 Å². The number of benzene rings is 1. The fraction of sp³-hybridized carbons (Fsp3) is 0.417. The van der Waals surface area contributed by atoms with E-state index in [1.54, 1.807) is 18.5 Å². The number of rotatable bonds is 9. The van der Waals surface area contributed by atoms with Crippen LogP contribution in [0.15, 0.2) is 53.9 Å². The van der Waals surface area contributed by atoms with Crippen LogP contribution in [0, 0.1) is 0 Å². The third kappa shape index (κ3) is 6.92. The van der Waals surface area contributed by atoms with Gasteiger partial charge < -0.3 is 9.30 Å². The Bertz CT molecular complexity index is 1030. The second-order valence-electron chi connectivity index (χ2n) is 8.41. The molecule has 0 aliphatic carbocycles. The van der Waals surface area contributed by atoms with E-state index in [0.29, 0.717) is 17.3 Å². The average molecular weight is 440 g/mol. The third-order valence-corrected chi connectivity index (χ3v) is 5.47. The van der Waals surface area contributed by atoms with Crippen LogP contribution in [0.1, 0.15) is 63.4 Å². The first-order chi connectivity index (χ1) is 14.8. The van der Waals surface area contributed by atoms with E-state index < -0.39 is 5.60 Å². The molecule has 0 spiro atoms. The molecule has 164 valence electrons. The fourth-order valence-corrected chi connectivity index (χ4v) is 4.05. The highest BCUT2D eigenvalue weighted by Gasteiger charge is 2.18. The minimum absolute atomic E-state index is 0.0627. The lowest BCUT2D eigenvalue weighted by molar-refractivity contribution is -0.154. The van der Waals surface area contributed by atoms with E-state index in [0.717, 1.165) is 54.9 Å². The number of hydrogen-bond donors (Lipinski definition) is 0. The van der Waals surface area contributed by atoms with Crippen LogP contribution >= 0.6 is 11.8 Å². The Kier molecular flexibility index (Phi) is 7.85. The highest BCUT2D eigenvalue weighted by atomic mass is 32.2. The van der Waals surface area contributed by atoms with E-state index in [9.17, 15) is 9.59 Å². The maximum Gasteiger partial charge on any atom is 0.306 e. The highest BCUT2D eigenvalue weighted by Crippen LogP contribution is 2.26. The summed E-state index contributed by atoms with van der Waals surface area (Å²) >= 11 is 1.05. The SMILES string of the molecule is CC(C)(C)OC(=O)CCCCCCn1c(C(=O)Sc2ncccn2)cc2ccccc21. The predicted octanol–water partition coefficient (Wildman–Crippen LogP) is 5.66. The lowest BCUT2D eigenvalue weighted by atomic mass is 10.1. The van der Waals surface area contributed by atoms with Gasteiger partial charge in [-0.3, -0.25) is 9.59 Å². The van der Waals surface area contributed by atoms with Crippen LogP contribution in [0.4, 0.5) is 0 Å². The van der Waals surface area contributed by atoms with Crippen molar-refractivity contribution in [3.63, 3.8) is 0 Å². The second-order valence-corrected chi connectivity index (χ2v) is 9.35. The molecule has 2 heterocycles. The number of aryl methyl sites for hydroxylation is 1. The van der Waals surface area contributed by atoms with Gasteiger partial charge >= 0.3 is 5.97 Å². The predicted molar refractivity (Wildman–Crippen MR) is 123 cm³/mol. The first kappa shape index (κ1) is 23.0. The second kappa shape index (κ2) is 10.6. The van der Waals surface area contributed by atoms with Crippen molar-refractivity contribution in [3.8, 4) is 0 Å². The van der Waals surface area contributed by atoms with Gasteiger partial charge in [0.15, 0.2) is 5.16 Å². The number of thioether (sulfide) groups is 1. The van der Waals surface area contributed by atoms with Crippen molar-refractivity contribution in [1.29, 1.82) is 0 Å². The van der Waals surface area contributed by atoms with Gasteiger partial charge in [-0.15, -0.1) is 0 Å². The molecular weight excluding hydrogens is 410 g/mol. The molecular formula is C24H29N3O3S. The monoisotopic (exact) mass is 439 g/mol. The van der Waals surface area contributed by atoms with E-state index in [1.165, 1.54) is 0 Å². The Balaban J connectivity index is 1.58. The molecule has 3 aromatic rings. The molecule has 0 aliphatic heterocycles. The Labute approximate surface area is 187 Å². The van der Waals surface area contributed by atoms with Crippen molar-refractivity contribution in [2.24, 2.45) is 0 Å². The molecule has 0 N–H and O–H groups in total. The lowest BCUT2D eigenvalue weighted by Gasteiger charge is -2.19. The van der Waals surface area contributed by atoms with Crippen molar-refractivity contribution in [2.45, 2.75) is 70.2 Å². The number of hydrogen-bond acceptors (Lipinski definition) is 6. The van der Waals surface area contributed by atoms with Crippen molar-refractivity contribution in [3.05, 3.63) is 54.5 Å². The Morgan fingerprint density at radius 2 is 1.71 bits per heavy atom. The summed E-state index contributed by atoms with van der Waals surface area (Å²) in [6, 6.07) is 11.7. The Hall–Kier alpha value is -2.67. The van der Waals surface area contributed by atoms with Crippen LogP contribution in [0.5, 0.6) is 0 Å². The summed E-state index contributed by atoms with van der Waals surface area (Å²) in [5, 5.41) is 1.43. The molecule has 6 nitrogen and oxygen atoms in total. The molecule has 0 fully saturated rings. The van der Waals surface area contributed by atoms with Crippen molar-refractivity contribution in [1.82, 2.24) is 14.5 Å². The molecule has 7 heteroatoms. The summed E-state index contributed by atoms with van der Waals surface area (Å²) < 4.78 is 7.43. The number of aromatic nitrogens is 3. The minimum Gasteiger partial charge on any atom is -0.460 e. The summed E-state index contributed by atoms with van der Waals surface area (Å²) in [5.41, 5.74) is 1.28. The highest BCUT2D eigenvalue weighted by molar-refractivity contribution is 8.14. The normalized spacial score (nSPS) is 11.6. The van der Waals surface area contributed by atoms with Crippen molar-refractivity contribution >= 4 is 33.7 Å². The molecule has 31 heavy (non-hydrogen) atoms. The molecule has 0 unspecified atom stereocenters. The smallest absolute Gasteiger partial charge is 0.306 e. The fourth-order valence-electron chi connectivity index (χ4n) is 3.38. The summed E-state index contributed by atoms with van der Waals surface area (Å²) in [6.07, 6.45) is 7.40. The number of nitrogens with zero attached hydrogens (tertiary/aromatic N) is 3. The molecule has 0 amide bonds. The number of carbonyl (C=O) groups excluding carboxylic acids is 2. The number of carbonyl (C=O) groups is 2. The first-order valence-electron chi connectivity index (χ1n) is 10.6. The van der Waals surface area contributed by atoms with E-state index in [1.807, 2.05) is 51.1 Å². The largest absolute Gasteiger partial charge is 0.460 e. The number of unbranched alkanes of at least 4 members (excludes halogenated alkanes) is 3. The average Bonchev–Trinajstić information content (AvgIpc) is 3.09. The molecule has 0 bridgehead atoms. The topological polar surface area (TPSA) is 74.1 Å². The van der Waals surface area contributed by atoms with Gasteiger partial charge in [-0.25, -0.2) is 9.97 Å². The van der Waals surface area contributed by atoms with Crippen LogP contribution < -0.4 is 0 Å². The standard InChI is InChI=1S/C24H29N3O3S/c1-24(2,3)30-21(28)13-6-4-5-9-16-27-19-12-8-7-11-18(19)17-20(27)22(29)31-23-25-14-10-15-26-23/h7-8,10-12,14-15,17H,4-6,9,13,16H2,1-3H3. The Morgan fingerprint density at radius 1 is 1.00 bits per heavy atom. The minimum atomic E-state index is -0.432. The van der Waals surface area contributed by atoms with Crippen LogP contribution in [-0.2, 0) is 16.1 Å². The zero-order valence-electron chi connectivity index (χ0n) is 18.3. The Morgan fingerprint density at radius 3 is 2.45 bits per heavy atom. The first-order valence-corrected chi connectivity index (χ1v) is 11.4. The molecule has 3 rings (SSSR count).